The van der Waals surface area contributed by atoms with Crippen LogP contribution in [0, 0.1) is 0 Å². The van der Waals surface area contributed by atoms with Gasteiger partial charge in [-0.15, -0.1) is 16.4 Å². The number of halogens is 1. The number of carbonyl (C=O) groups is 1. The number of pyridine rings is 1. The average molecular weight is 526 g/mol. The van der Waals surface area contributed by atoms with Crippen molar-refractivity contribution in [2.75, 3.05) is 39.1 Å². The first-order chi connectivity index (χ1) is 17.3. The summed E-state index contributed by atoms with van der Waals surface area (Å²) in [5.74, 6) is -0.208. The summed E-state index contributed by atoms with van der Waals surface area (Å²) in [6.45, 7) is 2.01. The van der Waals surface area contributed by atoms with Crippen LogP contribution in [0.5, 0.6) is 0 Å². The number of benzene rings is 1. The zero-order valence-electron chi connectivity index (χ0n) is 20.4. The van der Waals surface area contributed by atoms with Gasteiger partial charge in [0.2, 0.25) is 0 Å². The van der Waals surface area contributed by atoms with E-state index in [1.54, 1.807) is 35.3 Å². The third-order valence-corrected chi connectivity index (χ3v) is 6.86. The fourth-order valence-electron chi connectivity index (χ4n) is 3.78. The van der Waals surface area contributed by atoms with Crippen molar-refractivity contribution in [3.8, 4) is 16.8 Å². The molecule has 0 aliphatic carbocycles. The average Bonchev–Trinajstić information content (AvgIpc) is 3.51. The first-order valence-electron chi connectivity index (χ1n) is 11.4. The molecular formula is C25H28ClN7O2S. The van der Waals surface area contributed by atoms with Gasteiger partial charge in [-0.25, -0.2) is 4.68 Å². The number of anilines is 1. The molecule has 2 N–H and O–H groups in total. The number of amides is 1. The van der Waals surface area contributed by atoms with Crippen LogP contribution >= 0.6 is 22.9 Å². The largest absolute Gasteiger partial charge is 0.373 e. The second-order valence-electron chi connectivity index (χ2n) is 8.64. The normalized spacial score (nSPS) is 11.1. The monoisotopic (exact) mass is 525 g/mol. The Labute approximate surface area is 218 Å². The van der Waals surface area contributed by atoms with Crippen molar-refractivity contribution in [3.63, 3.8) is 0 Å². The Balaban J connectivity index is 1.59. The highest BCUT2D eigenvalue weighted by molar-refractivity contribution is 7.17. The molecule has 3 aromatic heterocycles. The van der Waals surface area contributed by atoms with Crippen LogP contribution in [0.15, 0.2) is 59.7 Å². The van der Waals surface area contributed by atoms with Gasteiger partial charge < -0.3 is 20.1 Å². The zero-order valence-corrected chi connectivity index (χ0v) is 21.9. The fourth-order valence-corrected chi connectivity index (χ4v) is 4.73. The van der Waals surface area contributed by atoms with Gasteiger partial charge in [-0.1, -0.05) is 22.9 Å². The number of aromatic amines is 1. The van der Waals surface area contributed by atoms with Crippen LogP contribution < -0.4 is 15.8 Å². The molecule has 36 heavy (non-hydrogen) atoms. The van der Waals surface area contributed by atoms with Gasteiger partial charge in [0, 0.05) is 25.4 Å². The van der Waals surface area contributed by atoms with Crippen LogP contribution in [-0.2, 0) is 6.54 Å². The maximum atomic E-state index is 12.4. The number of hydrogen-bond donors (Lipinski definition) is 2. The number of hydrogen-bond acceptors (Lipinski definition) is 7. The van der Waals surface area contributed by atoms with E-state index in [0.29, 0.717) is 20.5 Å². The lowest BCUT2D eigenvalue weighted by molar-refractivity contribution is 0.0954. The van der Waals surface area contributed by atoms with Crippen molar-refractivity contribution in [2.24, 2.45) is 0 Å². The number of carbonyl (C=O) groups excluding carboxylic acids is 1. The van der Waals surface area contributed by atoms with Gasteiger partial charge in [0.05, 0.1) is 33.3 Å². The molecular weight excluding hydrogens is 498 g/mol. The summed E-state index contributed by atoms with van der Waals surface area (Å²) in [5.41, 5.74) is 3.64. The predicted octanol–water partition coefficient (Wildman–Crippen LogP) is 3.66. The highest BCUT2D eigenvalue weighted by Gasteiger charge is 2.15. The second kappa shape index (κ2) is 11.5. The lowest BCUT2D eigenvalue weighted by Crippen LogP contribution is -2.24. The lowest BCUT2D eigenvalue weighted by atomic mass is 10.1. The van der Waals surface area contributed by atoms with Crippen LogP contribution in [-0.4, -0.2) is 65.0 Å². The third kappa shape index (κ3) is 6.20. The van der Waals surface area contributed by atoms with E-state index in [9.17, 15) is 9.59 Å². The van der Waals surface area contributed by atoms with Gasteiger partial charge in [0.1, 0.15) is 5.69 Å². The molecule has 3 heterocycles. The summed E-state index contributed by atoms with van der Waals surface area (Å²) in [4.78, 5) is 32.3. The van der Waals surface area contributed by atoms with Crippen LogP contribution in [0.4, 0.5) is 5.69 Å². The van der Waals surface area contributed by atoms with E-state index < -0.39 is 0 Å². The van der Waals surface area contributed by atoms with Crippen LogP contribution in [0.2, 0.25) is 4.34 Å². The summed E-state index contributed by atoms with van der Waals surface area (Å²) in [5, 5.41) is 11.4. The first kappa shape index (κ1) is 25.6. The number of nitrogens with zero attached hydrogens (tertiary/aromatic N) is 5. The molecule has 0 atom stereocenters. The number of nitrogens with one attached hydrogen (secondary N) is 2. The van der Waals surface area contributed by atoms with E-state index in [1.807, 2.05) is 31.3 Å². The molecule has 9 nitrogen and oxygen atoms in total. The smallest absolute Gasteiger partial charge is 0.261 e. The first-order valence-corrected chi connectivity index (χ1v) is 12.6. The standard InChI is InChI=1S/C25H28ClN7O2S/c1-31(2)12-5-13-32(3)21-14-17(19-6-4-11-27-24(19)34)7-8-20(21)33-16-18(29-30-33)15-28-25(35)22-9-10-23(26)36-22/h4,6-11,14,16H,5,12-13,15H2,1-3H3,(H,27,34)(H,28,35). The van der Waals surface area contributed by atoms with Crippen molar-refractivity contribution in [3.05, 3.63) is 80.1 Å². The van der Waals surface area contributed by atoms with Crippen LogP contribution in [0.1, 0.15) is 21.8 Å². The quantitative estimate of drug-likeness (QED) is 0.328. The van der Waals surface area contributed by atoms with Crippen molar-refractivity contribution in [1.82, 2.24) is 30.2 Å². The van der Waals surface area contributed by atoms with Gasteiger partial charge in [0.15, 0.2) is 0 Å². The molecule has 0 aliphatic rings. The maximum absolute atomic E-state index is 12.4. The minimum absolute atomic E-state index is 0.141. The third-order valence-electron chi connectivity index (χ3n) is 5.63. The van der Waals surface area contributed by atoms with Crippen molar-refractivity contribution in [2.45, 2.75) is 13.0 Å². The molecule has 4 aromatic rings. The van der Waals surface area contributed by atoms with E-state index >= 15 is 0 Å². The number of H-pyrrole nitrogens is 1. The molecule has 4 rings (SSSR count). The molecule has 0 fully saturated rings. The summed E-state index contributed by atoms with van der Waals surface area (Å²) < 4.78 is 2.26. The zero-order chi connectivity index (χ0) is 25.7. The molecule has 0 radical (unpaired) electrons. The summed E-state index contributed by atoms with van der Waals surface area (Å²) in [7, 11) is 6.13. The summed E-state index contributed by atoms with van der Waals surface area (Å²) in [6, 6.07) is 12.8. The lowest BCUT2D eigenvalue weighted by Gasteiger charge is -2.24. The Kier molecular flexibility index (Phi) is 8.19. The molecule has 0 saturated heterocycles. The summed E-state index contributed by atoms with van der Waals surface area (Å²) >= 11 is 7.15. The van der Waals surface area contributed by atoms with E-state index in [2.05, 4.69) is 44.5 Å². The highest BCUT2D eigenvalue weighted by Crippen LogP contribution is 2.29. The van der Waals surface area contributed by atoms with E-state index in [4.69, 9.17) is 11.6 Å². The Morgan fingerprint density at radius 1 is 1.17 bits per heavy atom. The fraction of sp³-hybridized carbons (Fsp3) is 0.280. The van der Waals surface area contributed by atoms with Gasteiger partial charge in [-0.05, 0) is 69.0 Å². The minimum Gasteiger partial charge on any atom is -0.373 e. The Hall–Kier alpha value is -3.47. The molecule has 0 saturated carbocycles. The summed E-state index contributed by atoms with van der Waals surface area (Å²) in [6.07, 6.45) is 4.39. The molecule has 11 heteroatoms. The molecule has 188 valence electrons. The number of thiophene rings is 1. The Bertz CT molecular complexity index is 1390. The van der Waals surface area contributed by atoms with E-state index in [1.165, 1.54) is 11.3 Å². The Morgan fingerprint density at radius 2 is 2.00 bits per heavy atom. The maximum Gasteiger partial charge on any atom is 0.261 e. The van der Waals surface area contributed by atoms with Crippen molar-refractivity contribution in [1.29, 1.82) is 0 Å². The molecule has 0 spiro atoms. The molecule has 0 bridgehead atoms. The van der Waals surface area contributed by atoms with Crippen molar-refractivity contribution >= 4 is 34.5 Å². The Morgan fingerprint density at radius 3 is 2.72 bits per heavy atom. The predicted molar refractivity (Wildman–Crippen MR) is 144 cm³/mol. The van der Waals surface area contributed by atoms with Crippen LogP contribution in [0.3, 0.4) is 0 Å². The SMILES string of the molecule is CN(C)CCCN(C)c1cc(-c2ccc[nH]c2=O)ccc1-n1cc(CNC(=O)c2ccc(Cl)s2)nn1. The molecule has 0 aliphatic heterocycles. The highest BCUT2D eigenvalue weighted by atomic mass is 35.5. The van der Waals surface area contributed by atoms with Crippen LogP contribution in [0.25, 0.3) is 16.8 Å². The number of rotatable bonds is 10. The molecule has 1 amide bonds. The van der Waals surface area contributed by atoms with Gasteiger partial charge >= 0.3 is 0 Å². The van der Waals surface area contributed by atoms with E-state index in [0.717, 1.165) is 36.4 Å². The van der Waals surface area contributed by atoms with E-state index in [-0.39, 0.29) is 18.0 Å². The van der Waals surface area contributed by atoms with Gasteiger partial charge in [0.25, 0.3) is 11.5 Å². The topological polar surface area (TPSA) is 99.2 Å². The van der Waals surface area contributed by atoms with Gasteiger partial charge in [-0.2, -0.15) is 0 Å². The van der Waals surface area contributed by atoms with Crippen molar-refractivity contribution < 1.29 is 4.79 Å². The molecule has 1 aromatic carbocycles. The minimum atomic E-state index is -0.208. The van der Waals surface area contributed by atoms with Gasteiger partial charge in [-0.3, -0.25) is 9.59 Å². The second-order valence-corrected chi connectivity index (χ2v) is 10.4. The molecule has 0 unspecified atom stereocenters. The number of aromatic nitrogens is 4.